The molecule has 0 aromatic heterocycles. The van der Waals surface area contributed by atoms with Gasteiger partial charge >= 0.3 is 5.97 Å². The van der Waals surface area contributed by atoms with Crippen molar-refractivity contribution in [3.05, 3.63) is 12.3 Å². The maximum atomic E-state index is 11.4. The van der Waals surface area contributed by atoms with Gasteiger partial charge in [-0.1, -0.05) is 29.5 Å². The van der Waals surface area contributed by atoms with E-state index in [1.807, 2.05) is 6.92 Å². The zero-order chi connectivity index (χ0) is 14.0. The van der Waals surface area contributed by atoms with Gasteiger partial charge < -0.3 is 9.47 Å². The summed E-state index contributed by atoms with van der Waals surface area (Å²) in [5.41, 5.74) is 0. The van der Waals surface area contributed by atoms with Gasteiger partial charge in [0.1, 0.15) is 6.10 Å². The Labute approximate surface area is 122 Å². The maximum Gasteiger partial charge on any atom is 0.312 e. The Morgan fingerprint density at radius 3 is 2.56 bits per heavy atom. The maximum absolute atomic E-state index is 11.4. The lowest BCUT2D eigenvalue weighted by atomic mass is 10.0. The van der Waals surface area contributed by atoms with Crippen LogP contribution in [0.25, 0.3) is 0 Å². The molecule has 0 unspecified atom stereocenters. The SMILES string of the molecule is CCCC(=O)/C=C/O[C@H](CCI)[C@H](C)C(=O)OC. The molecule has 5 heteroatoms. The molecule has 0 bridgehead atoms. The lowest BCUT2D eigenvalue weighted by molar-refractivity contribution is -0.148. The van der Waals surface area contributed by atoms with E-state index in [4.69, 9.17) is 9.47 Å². The average Bonchev–Trinajstić information content (AvgIpc) is 2.36. The third-order valence-corrected chi connectivity index (χ3v) is 3.15. The number of carbonyl (C=O) groups is 2. The van der Waals surface area contributed by atoms with E-state index in [9.17, 15) is 9.59 Å². The van der Waals surface area contributed by atoms with Crippen molar-refractivity contribution >= 4 is 34.3 Å². The second-order valence-electron chi connectivity index (χ2n) is 3.98. The van der Waals surface area contributed by atoms with Gasteiger partial charge in [0.2, 0.25) is 0 Å². The first-order valence-electron chi connectivity index (χ1n) is 6.05. The van der Waals surface area contributed by atoms with E-state index in [0.717, 1.165) is 17.3 Å². The van der Waals surface area contributed by atoms with E-state index < -0.39 is 0 Å². The van der Waals surface area contributed by atoms with Crippen LogP contribution in [0.1, 0.15) is 33.1 Å². The third-order valence-electron chi connectivity index (χ3n) is 2.53. The van der Waals surface area contributed by atoms with E-state index in [1.165, 1.54) is 19.4 Å². The molecule has 0 rings (SSSR count). The number of methoxy groups -OCH3 is 1. The van der Waals surface area contributed by atoms with Crippen molar-refractivity contribution in [1.29, 1.82) is 0 Å². The molecular weight excluding hydrogens is 347 g/mol. The monoisotopic (exact) mass is 368 g/mol. The fourth-order valence-electron chi connectivity index (χ4n) is 1.43. The molecule has 0 fully saturated rings. The summed E-state index contributed by atoms with van der Waals surface area (Å²) in [5, 5.41) is 0. The molecule has 4 nitrogen and oxygen atoms in total. The van der Waals surface area contributed by atoms with Gasteiger partial charge in [-0.2, -0.15) is 0 Å². The molecule has 0 aromatic carbocycles. The highest BCUT2D eigenvalue weighted by Crippen LogP contribution is 2.15. The van der Waals surface area contributed by atoms with Crippen LogP contribution in [0.4, 0.5) is 0 Å². The van der Waals surface area contributed by atoms with Crippen LogP contribution in [-0.4, -0.2) is 29.4 Å². The number of esters is 1. The average molecular weight is 368 g/mol. The molecule has 18 heavy (non-hydrogen) atoms. The predicted molar refractivity (Wildman–Crippen MR) is 78.6 cm³/mol. The second kappa shape index (κ2) is 10.3. The fraction of sp³-hybridized carbons (Fsp3) is 0.692. The Bertz CT molecular complexity index is 289. The lowest BCUT2D eigenvalue weighted by Crippen LogP contribution is -2.28. The Morgan fingerprint density at radius 2 is 2.06 bits per heavy atom. The zero-order valence-corrected chi connectivity index (χ0v) is 13.3. The van der Waals surface area contributed by atoms with Crippen molar-refractivity contribution in [2.45, 2.75) is 39.2 Å². The molecule has 0 radical (unpaired) electrons. The van der Waals surface area contributed by atoms with E-state index in [0.29, 0.717) is 6.42 Å². The lowest BCUT2D eigenvalue weighted by Gasteiger charge is -2.20. The highest BCUT2D eigenvalue weighted by molar-refractivity contribution is 14.1. The molecule has 0 aliphatic carbocycles. The van der Waals surface area contributed by atoms with Gasteiger partial charge in [-0.3, -0.25) is 9.59 Å². The van der Waals surface area contributed by atoms with Crippen molar-refractivity contribution in [2.24, 2.45) is 5.92 Å². The van der Waals surface area contributed by atoms with Crippen molar-refractivity contribution in [2.75, 3.05) is 11.5 Å². The molecule has 104 valence electrons. The summed E-state index contributed by atoms with van der Waals surface area (Å²) in [4.78, 5) is 22.7. The number of ether oxygens (including phenoxy) is 2. The van der Waals surface area contributed by atoms with Crippen LogP contribution in [0.3, 0.4) is 0 Å². The Hall–Kier alpha value is -0.590. The minimum absolute atomic E-state index is 0.0384. The first kappa shape index (κ1) is 17.4. The number of hydrogen-bond acceptors (Lipinski definition) is 4. The molecule has 0 N–H and O–H groups in total. The highest BCUT2D eigenvalue weighted by atomic mass is 127. The summed E-state index contributed by atoms with van der Waals surface area (Å²) in [6, 6.07) is 0. The molecule has 2 atom stereocenters. The number of rotatable bonds is 9. The zero-order valence-electron chi connectivity index (χ0n) is 11.1. The minimum Gasteiger partial charge on any atom is -0.497 e. The van der Waals surface area contributed by atoms with Gasteiger partial charge in [0, 0.05) is 16.9 Å². The summed E-state index contributed by atoms with van der Waals surface area (Å²) in [6.07, 6.45) is 4.65. The number of hydrogen-bond donors (Lipinski definition) is 0. The molecule has 0 saturated carbocycles. The molecule has 0 spiro atoms. The molecular formula is C13H21IO4. The quantitative estimate of drug-likeness (QED) is 0.207. The second-order valence-corrected chi connectivity index (χ2v) is 5.06. The minimum atomic E-state index is -0.337. The third kappa shape index (κ3) is 6.98. The smallest absolute Gasteiger partial charge is 0.312 e. The van der Waals surface area contributed by atoms with Crippen molar-refractivity contribution in [1.82, 2.24) is 0 Å². The van der Waals surface area contributed by atoms with E-state index in [1.54, 1.807) is 6.92 Å². The van der Waals surface area contributed by atoms with Gasteiger partial charge in [0.25, 0.3) is 0 Å². The molecule has 0 amide bonds. The predicted octanol–water partition coefficient (Wildman–Crippen LogP) is 2.89. The summed E-state index contributed by atoms with van der Waals surface area (Å²) in [7, 11) is 1.36. The van der Waals surface area contributed by atoms with E-state index >= 15 is 0 Å². The van der Waals surface area contributed by atoms with Crippen LogP contribution in [0.15, 0.2) is 12.3 Å². The van der Waals surface area contributed by atoms with Crippen LogP contribution in [0, 0.1) is 5.92 Å². The largest absolute Gasteiger partial charge is 0.497 e. The Morgan fingerprint density at radius 1 is 1.39 bits per heavy atom. The molecule has 0 saturated heterocycles. The number of carbonyl (C=O) groups excluding carboxylic acids is 2. The first-order chi connectivity index (χ1) is 8.56. The Balaban J connectivity index is 4.35. The summed E-state index contributed by atoms with van der Waals surface area (Å²) >= 11 is 2.23. The van der Waals surface area contributed by atoms with Gasteiger partial charge in [0.05, 0.1) is 19.3 Å². The van der Waals surface area contributed by atoms with E-state index in [2.05, 4.69) is 22.6 Å². The van der Waals surface area contributed by atoms with Crippen molar-refractivity contribution in [3.8, 4) is 0 Å². The topological polar surface area (TPSA) is 52.6 Å². The molecule has 0 aliphatic rings. The number of alkyl halides is 1. The normalized spacial score (nSPS) is 14.2. The van der Waals surface area contributed by atoms with Crippen LogP contribution in [0.5, 0.6) is 0 Å². The van der Waals surface area contributed by atoms with Crippen molar-refractivity contribution in [3.63, 3.8) is 0 Å². The molecule has 0 aromatic rings. The number of ketones is 1. The van der Waals surface area contributed by atoms with Crippen molar-refractivity contribution < 1.29 is 19.1 Å². The van der Waals surface area contributed by atoms with Crippen LogP contribution in [-0.2, 0) is 19.1 Å². The number of halogens is 1. The van der Waals surface area contributed by atoms with E-state index in [-0.39, 0.29) is 23.8 Å². The standard InChI is InChI=1S/C13H21IO4/c1-4-5-11(15)7-9-18-12(6-8-14)10(2)13(16)17-3/h7,9-10,12H,4-6,8H2,1-3H3/b9-7+/t10-,12+/m0/s1. The summed E-state index contributed by atoms with van der Waals surface area (Å²) in [5.74, 6) is -0.592. The van der Waals surface area contributed by atoms with Gasteiger partial charge in [0.15, 0.2) is 5.78 Å². The van der Waals surface area contributed by atoms with Gasteiger partial charge in [-0.05, 0) is 19.8 Å². The van der Waals surface area contributed by atoms with Crippen LogP contribution >= 0.6 is 22.6 Å². The highest BCUT2D eigenvalue weighted by Gasteiger charge is 2.24. The number of allylic oxidation sites excluding steroid dienone is 1. The van der Waals surface area contributed by atoms with Gasteiger partial charge in [-0.25, -0.2) is 0 Å². The van der Waals surface area contributed by atoms with Crippen LogP contribution < -0.4 is 0 Å². The molecule has 0 aliphatic heterocycles. The molecule has 0 heterocycles. The van der Waals surface area contributed by atoms with Gasteiger partial charge in [-0.15, -0.1) is 0 Å². The fourth-order valence-corrected chi connectivity index (χ4v) is 2.04. The summed E-state index contributed by atoms with van der Waals surface area (Å²) < 4.78 is 11.0. The first-order valence-corrected chi connectivity index (χ1v) is 7.58. The van der Waals surface area contributed by atoms with Crippen LogP contribution in [0.2, 0.25) is 0 Å². The summed E-state index contributed by atoms with van der Waals surface area (Å²) in [6.45, 7) is 3.72. The Kier molecular flexibility index (Phi) is 10.0.